The van der Waals surface area contributed by atoms with Gasteiger partial charge in [-0.05, 0) is 35.2 Å². The standard InChI is InChI=1S/C18H20N2O3.ClH/c1-12(21)20-16-5-3-4-15(11-16)14-8-6-13(7-9-14)10-17(19)18(22)23-2;/h3-9,11,17H,10,19H2,1-2H3,(H,20,21);1H/t17-;/m0./s1. The average molecular weight is 349 g/mol. The van der Waals surface area contributed by atoms with Gasteiger partial charge in [0.05, 0.1) is 7.11 Å². The molecule has 24 heavy (non-hydrogen) atoms. The van der Waals surface area contributed by atoms with E-state index < -0.39 is 12.0 Å². The topological polar surface area (TPSA) is 81.4 Å². The van der Waals surface area contributed by atoms with Gasteiger partial charge >= 0.3 is 5.97 Å². The molecule has 2 rings (SSSR count). The minimum atomic E-state index is -0.658. The van der Waals surface area contributed by atoms with E-state index in [0.717, 1.165) is 22.4 Å². The number of esters is 1. The zero-order chi connectivity index (χ0) is 16.8. The fourth-order valence-electron chi connectivity index (χ4n) is 2.30. The maximum absolute atomic E-state index is 11.3. The molecule has 128 valence electrons. The summed E-state index contributed by atoms with van der Waals surface area (Å²) >= 11 is 0. The summed E-state index contributed by atoms with van der Waals surface area (Å²) < 4.78 is 4.62. The third-order valence-corrected chi connectivity index (χ3v) is 3.43. The summed E-state index contributed by atoms with van der Waals surface area (Å²) in [4.78, 5) is 22.5. The zero-order valence-electron chi connectivity index (χ0n) is 13.6. The summed E-state index contributed by atoms with van der Waals surface area (Å²) in [6.45, 7) is 1.48. The van der Waals surface area contributed by atoms with Gasteiger partial charge in [0.2, 0.25) is 5.91 Å². The Morgan fingerprint density at radius 3 is 2.38 bits per heavy atom. The summed E-state index contributed by atoms with van der Waals surface area (Å²) in [5.41, 5.74) is 9.50. The number of hydrogen-bond acceptors (Lipinski definition) is 4. The Hall–Kier alpha value is -2.37. The van der Waals surface area contributed by atoms with Gasteiger partial charge in [-0.3, -0.25) is 9.59 Å². The Bertz CT molecular complexity index is 702. The Morgan fingerprint density at radius 1 is 1.12 bits per heavy atom. The molecule has 0 fully saturated rings. The van der Waals surface area contributed by atoms with Crippen LogP contribution in [0.25, 0.3) is 11.1 Å². The molecule has 0 aromatic heterocycles. The molecule has 0 bridgehead atoms. The van der Waals surface area contributed by atoms with Gasteiger partial charge in [0.15, 0.2) is 0 Å². The Kier molecular flexibility index (Phi) is 7.42. The fourth-order valence-corrected chi connectivity index (χ4v) is 2.30. The highest BCUT2D eigenvalue weighted by Gasteiger charge is 2.14. The number of rotatable bonds is 5. The summed E-state index contributed by atoms with van der Waals surface area (Å²) in [7, 11) is 1.33. The first kappa shape index (κ1) is 19.7. The van der Waals surface area contributed by atoms with E-state index in [1.165, 1.54) is 14.0 Å². The van der Waals surface area contributed by atoms with E-state index >= 15 is 0 Å². The van der Waals surface area contributed by atoms with Crippen molar-refractivity contribution in [1.82, 2.24) is 0 Å². The largest absolute Gasteiger partial charge is 0.468 e. The van der Waals surface area contributed by atoms with Crippen molar-refractivity contribution in [1.29, 1.82) is 0 Å². The minimum absolute atomic E-state index is 0. The Morgan fingerprint density at radius 2 is 1.79 bits per heavy atom. The molecule has 0 aliphatic heterocycles. The molecule has 0 spiro atoms. The highest BCUT2D eigenvalue weighted by Crippen LogP contribution is 2.23. The first-order chi connectivity index (χ1) is 11.0. The van der Waals surface area contributed by atoms with Gasteiger partial charge in [0, 0.05) is 12.6 Å². The monoisotopic (exact) mass is 348 g/mol. The van der Waals surface area contributed by atoms with E-state index in [9.17, 15) is 9.59 Å². The number of nitrogens with two attached hydrogens (primary N) is 1. The normalized spacial score (nSPS) is 11.1. The van der Waals surface area contributed by atoms with Crippen molar-refractivity contribution in [2.45, 2.75) is 19.4 Å². The highest BCUT2D eigenvalue weighted by molar-refractivity contribution is 5.89. The third-order valence-electron chi connectivity index (χ3n) is 3.43. The van der Waals surface area contributed by atoms with E-state index in [2.05, 4.69) is 10.1 Å². The maximum Gasteiger partial charge on any atom is 0.322 e. The molecule has 0 heterocycles. The van der Waals surface area contributed by atoms with E-state index in [1.54, 1.807) is 0 Å². The number of benzene rings is 2. The van der Waals surface area contributed by atoms with Crippen LogP contribution in [0.1, 0.15) is 12.5 Å². The Labute approximate surface area is 147 Å². The van der Waals surface area contributed by atoms with Crippen LogP contribution in [0.4, 0.5) is 5.69 Å². The number of nitrogens with one attached hydrogen (secondary N) is 1. The number of methoxy groups -OCH3 is 1. The number of carbonyl (C=O) groups is 2. The van der Waals surface area contributed by atoms with Gasteiger partial charge in [0.25, 0.3) is 0 Å². The van der Waals surface area contributed by atoms with Crippen LogP contribution in [0.2, 0.25) is 0 Å². The van der Waals surface area contributed by atoms with Gasteiger partial charge in [0.1, 0.15) is 6.04 Å². The van der Waals surface area contributed by atoms with Crippen molar-refractivity contribution in [2.75, 3.05) is 12.4 Å². The van der Waals surface area contributed by atoms with Crippen molar-refractivity contribution in [3.05, 3.63) is 54.1 Å². The van der Waals surface area contributed by atoms with Gasteiger partial charge in [-0.1, -0.05) is 36.4 Å². The van der Waals surface area contributed by atoms with E-state index in [1.807, 2.05) is 48.5 Å². The maximum atomic E-state index is 11.3. The molecule has 1 atom stereocenters. The van der Waals surface area contributed by atoms with Crippen LogP contribution in [-0.2, 0) is 20.7 Å². The summed E-state index contributed by atoms with van der Waals surface area (Å²) in [6.07, 6.45) is 0.429. The van der Waals surface area contributed by atoms with Crippen LogP contribution >= 0.6 is 12.4 Å². The lowest BCUT2D eigenvalue weighted by atomic mass is 10.0. The molecule has 0 aliphatic carbocycles. The highest BCUT2D eigenvalue weighted by atomic mass is 35.5. The van der Waals surface area contributed by atoms with Crippen molar-refractivity contribution in [3.8, 4) is 11.1 Å². The molecule has 0 saturated carbocycles. The molecular weight excluding hydrogens is 328 g/mol. The molecule has 2 aromatic rings. The van der Waals surface area contributed by atoms with E-state index in [-0.39, 0.29) is 18.3 Å². The number of ether oxygens (including phenoxy) is 1. The molecule has 0 aliphatic rings. The number of anilines is 1. The molecular formula is C18H21ClN2O3. The van der Waals surface area contributed by atoms with Crippen LogP contribution in [0.5, 0.6) is 0 Å². The fraction of sp³-hybridized carbons (Fsp3) is 0.222. The zero-order valence-corrected chi connectivity index (χ0v) is 14.4. The summed E-state index contributed by atoms with van der Waals surface area (Å²) in [6, 6.07) is 14.8. The lowest BCUT2D eigenvalue weighted by Crippen LogP contribution is -2.33. The smallest absolute Gasteiger partial charge is 0.322 e. The summed E-state index contributed by atoms with van der Waals surface area (Å²) in [5.74, 6) is -0.522. The van der Waals surface area contributed by atoms with Gasteiger partial charge in [-0.2, -0.15) is 0 Å². The van der Waals surface area contributed by atoms with E-state index in [0.29, 0.717) is 6.42 Å². The van der Waals surface area contributed by atoms with Gasteiger partial charge < -0.3 is 15.8 Å². The van der Waals surface area contributed by atoms with Crippen molar-refractivity contribution < 1.29 is 14.3 Å². The molecule has 2 aromatic carbocycles. The second kappa shape index (κ2) is 9.05. The molecule has 3 N–H and O–H groups in total. The SMILES string of the molecule is COC(=O)[C@@H](N)Cc1ccc(-c2cccc(NC(C)=O)c2)cc1.Cl. The molecule has 6 heteroatoms. The molecule has 0 saturated heterocycles. The molecule has 1 amide bonds. The lowest BCUT2D eigenvalue weighted by Gasteiger charge is -2.10. The van der Waals surface area contributed by atoms with E-state index in [4.69, 9.17) is 5.73 Å². The first-order valence-corrected chi connectivity index (χ1v) is 7.30. The Balaban J connectivity index is 0.00000288. The third kappa shape index (κ3) is 5.37. The number of carbonyl (C=O) groups excluding carboxylic acids is 2. The van der Waals surface area contributed by atoms with Crippen LogP contribution in [-0.4, -0.2) is 25.0 Å². The van der Waals surface area contributed by atoms with Gasteiger partial charge in [-0.25, -0.2) is 0 Å². The van der Waals surface area contributed by atoms with Crippen molar-refractivity contribution in [3.63, 3.8) is 0 Å². The van der Waals surface area contributed by atoms with Crippen LogP contribution in [0.15, 0.2) is 48.5 Å². The van der Waals surface area contributed by atoms with Crippen LogP contribution < -0.4 is 11.1 Å². The second-order valence-electron chi connectivity index (χ2n) is 5.29. The predicted octanol–water partition coefficient (Wildman–Crippen LogP) is 2.78. The first-order valence-electron chi connectivity index (χ1n) is 7.30. The number of hydrogen-bond donors (Lipinski definition) is 2. The predicted molar refractivity (Wildman–Crippen MR) is 97.1 cm³/mol. The average Bonchev–Trinajstić information content (AvgIpc) is 2.54. The van der Waals surface area contributed by atoms with Crippen molar-refractivity contribution in [2.24, 2.45) is 5.73 Å². The summed E-state index contributed by atoms with van der Waals surface area (Å²) in [5, 5.41) is 2.76. The molecule has 0 radical (unpaired) electrons. The van der Waals surface area contributed by atoms with Gasteiger partial charge in [-0.15, -0.1) is 12.4 Å². The van der Waals surface area contributed by atoms with Crippen LogP contribution in [0, 0.1) is 0 Å². The quantitative estimate of drug-likeness (QED) is 0.814. The number of halogens is 1. The molecule has 5 nitrogen and oxygen atoms in total. The lowest BCUT2D eigenvalue weighted by molar-refractivity contribution is -0.142. The minimum Gasteiger partial charge on any atom is -0.468 e. The van der Waals surface area contributed by atoms with Crippen LogP contribution in [0.3, 0.4) is 0 Å². The second-order valence-corrected chi connectivity index (χ2v) is 5.29. The van der Waals surface area contributed by atoms with Crippen molar-refractivity contribution >= 4 is 30.0 Å². The molecule has 0 unspecified atom stereocenters. The number of amides is 1.